The molecule has 0 spiro atoms. The number of aryl methyl sites for hydroxylation is 1. The summed E-state index contributed by atoms with van der Waals surface area (Å²) in [6, 6.07) is 0. The molecule has 0 aliphatic rings. The van der Waals surface area contributed by atoms with Crippen molar-refractivity contribution in [2.24, 2.45) is 0 Å². The summed E-state index contributed by atoms with van der Waals surface area (Å²) in [5.41, 5.74) is 3.83. The van der Waals surface area contributed by atoms with Crippen molar-refractivity contribution in [2.45, 2.75) is 40.7 Å². The average molecular weight is 310 g/mol. The van der Waals surface area contributed by atoms with Gasteiger partial charge in [-0.15, -0.1) is 0 Å². The molecule has 2 rings (SSSR count). The second-order valence-electron chi connectivity index (χ2n) is 4.43. The largest absolute Gasteiger partial charge is 0.384 e. The fourth-order valence-electron chi connectivity index (χ4n) is 1.85. The highest BCUT2D eigenvalue weighted by Gasteiger charge is 2.17. The molecule has 1 N–H and O–H groups in total. The van der Waals surface area contributed by atoms with Crippen LogP contribution in [0, 0.1) is 13.8 Å². The van der Waals surface area contributed by atoms with Crippen LogP contribution in [0.1, 0.15) is 35.8 Å². The third kappa shape index (κ3) is 4.75. The topological polar surface area (TPSA) is 58.9 Å². The van der Waals surface area contributed by atoms with Gasteiger partial charge in [0.2, 0.25) is 5.51 Å². The summed E-state index contributed by atoms with van der Waals surface area (Å²) >= 11 is 1.69. The number of methoxy groups -OCH3 is 1. The highest BCUT2D eigenvalue weighted by Crippen LogP contribution is 2.12. The highest BCUT2D eigenvalue weighted by atomic mass is 32.1. The monoisotopic (exact) mass is 310 g/mol. The van der Waals surface area contributed by atoms with Crippen LogP contribution in [-0.4, -0.2) is 23.7 Å². The Balaban J connectivity index is 0.00000106. The average Bonchev–Trinajstić information content (AvgIpc) is 2.83. The predicted octanol–water partition coefficient (Wildman–Crippen LogP) is 2.00. The molecule has 5 nitrogen and oxygen atoms in total. The van der Waals surface area contributed by atoms with E-state index in [0.717, 1.165) is 6.42 Å². The van der Waals surface area contributed by atoms with E-state index in [1.54, 1.807) is 31.6 Å². The Morgan fingerprint density at radius 1 is 1.38 bits per heavy atom. The molecule has 6 heteroatoms. The smallest absolute Gasteiger partial charge is 0.260 e. The van der Waals surface area contributed by atoms with Crippen molar-refractivity contribution in [2.75, 3.05) is 13.7 Å². The van der Waals surface area contributed by atoms with E-state index in [-0.39, 0.29) is 5.56 Å². The number of hydrogen-bond donors (Lipinski definition) is 1. The van der Waals surface area contributed by atoms with E-state index in [2.05, 4.69) is 21.5 Å². The van der Waals surface area contributed by atoms with E-state index in [4.69, 9.17) is 4.74 Å². The molecule has 0 unspecified atom stereocenters. The number of nitrogens with one attached hydrogen (secondary N) is 1. The molecule has 0 aliphatic carbocycles. The zero-order valence-electron chi connectivity index (χ0n) is 13.4. The van der Waals surface area contributed by atoms with Crippen LogP contribution < -0.4 is 10.1 Å². The van der Waals surface area contributed by atoms with E-state index in [1.807, 2.05) is 19.4 Å². The third-order valence-electron chi connectivity index (χ3n) is 3.03. The molecular weight excluding hydrogens is 286 g/mol. The molecule has 0 aromatic carbocycles. The van der Waals surface area contributed by atoms with Gasteiger partial charge in [0.05, 0.1) is 11.5 Å². The Kier molecular flexibility index (Phi) is 7.25. The lowest BCUT2D eigenvalue weighted by Crippen LogP contribution is -2.37. The lowest BCUT2D eigenvalue weighted by atomic mass is 10.3. The Morgan fingerprint density at radius 3 is 2.71 bits per heavy atom. The molecule has 2 aromatic heterocycles. The Morgan fingerprint density at radius 2 is 2.10 bits per heavy atom. The van der Waals surface area contributed by atoms with Crippen LogP contribution in [-0.2, 0) is 17.7 Å². The minimum absolute atomic E-state index is 0.0657. The molecule has 21 heavy (non-hydrogen) atoms. The van der Waals surface area contributed by atoms with Crippen LogP contribution >= 0.6 is 11.3 Å². The molecule has 0 fully saturated rings. The maximum Gasteiger partial charge on any atom is 0.260 e. The predicted molar refractivity (Wildman–Crippen MR) is 84.9 cm³/mol. The van der Waals surface area contributed by atoms with Gasteiger partial charge in [0.1, 0.15) is 11.4 Å². The molecular formula is C15H24N3O2S+. The van der Waals surface area contributed by atoms with Crippen molar-refractivity contribution in [3.63, 3.8) is 0 Å². The van der Waals surface area contributed by atoms with Crippen molar-refractivity contribution in [1.82, 2.24) is 9.97 Å². The van der Waals surface area contributed by atoms with Gasteiger partial charge in [-0.1, -0.05) is 25.2 Å². The number of thiazole rings is 1. The minimum atomic E-state index is -0.0657. The fourth-order valence-corrected chi connectivity index (χ4v) is 2.82. The minimum Gasteiger partial charge on any atom is -0.384 e. The van der Waals surface area contributed by atoms with Gasteiger partial charge in [0, 0.05) is 26.7 Å². The molecule has 0 saturated carbocycles. The van der Waals surface area contributed by atoms with E-state index >= 15 is 0 Å². The Labute approximate surface area is 129 Å². The van der Waals surface area contributed by atoms with Crippen LogP contribution in [0.5, 0.6) is 0 Å². The number of aromatic amines is 1. The molecule has 0 aliphatic heterocycles. The Bertz CT molecular complexity index is 620. The lowest BCUT2D eigenvalue weighted by Gasteiger charge is -1.98. The molecule has 0 bridgehead atoms. The van der Waals surface area contributed by atoms with Crippen LogP contribution in [0.3, 0.4) is 0 Å². The maximum absolute atomic E-state index is 11.8. The van der Waals surface area contributed by atoms with Crippen molar-refractivity contribution >= 4 is 11.3 Å². The second-order valence-corrected chi connectivity index (χ2v) is 5.36. The number of hydrogen-bond acceptors (Lipinski definition) is 4. The van der Waals surface area contributed by atoms with Gasteiger partial charge in [-0.2, -0.15) is 4.57 Å². The van der Waals surface area contributed by atoms with Crippen LogP contribution in [0.4, 0.5) is 0 Å². The molecule has 0 radical (unpaired) electrons. The summed E-state index contributed by atoms with van der Waals surface area (Å²) in [6.45, 7) is 9.11. The lowest BCUT2D eigenvalue weighted by molar-refractivity contribution is -0.689. The first kappa shape index (κ1) is 17.5. The van der Waals surface area contributed by atoms with Crippen LogP contribution in [0.15, 0.2) is 16.5 Å². The second kappa shape index (κ2) is 8.69. The van der Waals surface area contributed by atoms with Crippen LogP contribution in [0.25, 0.3) is 0 Å². The first-order valence-corrected chi connectivity index (χ1v) is 8.00. The summed E-state index contributed by atoms with van der Waals surface area (Å²) in [4.78, 5) is 20.0. The highest BCUT2D eigenvalue weighted by molar-refractivity contribution is 7.09. The molecule has 116 valence electrons. The van der Waals surface area contributed by atoms with E-state index in [0.29, 0.717) is 24.5 Å². The van der Waals surface area contributed by atoms with Gasteiger partial charge in [-0.25, -0.2) is 4.98 Å². The van der Waals surface area contributed by atoms with Crippen molar-refractivity contribution < 1.29 is 9.30 Å². The summed E-state index contributed by atoms with van der Waals surface area (Å²) in [7, 11) is 1.70. The van der Waals surface area contributed by atoms with Gasteiger partial charge in [0.25, 0.3) is 5.56 Å². The molecule has 2 heterocycles. The summed E-state index contributed by atoms with van der Waals surface area (Å²) in [5.74, 6) is 0.640. The first-order valence-electron chi connectivity index (χ1n) is 7.12. The number of rotatable bonds is 5. The van der Waals surface area contributed by atoms with Crippen molar-refractivity contribution in [1.29, 1.82) is 0 Å². The number of nitrogens with zero attached hydrogens (tertiary/aromatic N) is 2. The zero-order chi connectivity index (χ0) is 15.8. The number of H-pyrrole nitrogens is 1. The fraction of sp³-hybridized carbons (Fsp3) is 0.533. The van der Waals surface area contributed by atoms with Gasteiger partial charge >= 0.3 is 0 Å². The van der Waals surface area contributed by atoms with E-state index in [9.17, 15) is 4.79 Å². The summed E-state index contributed by atoms with van der Waals surface area (Å²) in [6.07, 6.45) is 2.55. The maximum atomic E-state index is 11.8. The number of ether oxygens (including phenoxy) is 1. The van der Waals surface area contributed by atoms with Gasteiger partial charge in [-0.05, 0) is 6.92 Å². The summed E-state index contributed by atoms with van der Waals surface area (Å²) < 4.78 is 7.17. The van der Waals surface area contributed by atoms with E-state index < -0.39 is 0 Å². The standard InChI is InChI=1S/C13H17N3O2S.C2H6/c1-9-12(4-5-18-3)19-8-16(9)7-11-6-14-10(2)15-13(11)17;1-2/h6,8H,4-5,7H2,1-3H3;1-2H3/p+1. The summed E-state index contributed by atoms with van der Waals surface area (Å²) in [5, 5.41) is 0. The van der Waals surface area contributed by atoms with Gasteiger partial charge in [-0.3, -0.25) is 4.79 Å². The zero-order valence-corrected chi connectivity index (χ0v) is 14.2. The Hall–Kier alpha value is -1.53. The molecule has 0 saturated heterocycles. The first-order chi connectivity index (χ1) is 10.1. The van der Waals surface area contributed by atoms with E-state index in [1.165, 1.54) is 10.6 Å². The molecule has 2 aromatic rings. The third-order valence-corrected chi connectivity index (χ3v) is 4.17. The van der Waals surface area contributed by atoms with Crippen molar-refractivity contribution in [3.05, 3.63) is 44.0 Å². The molecule has 0 atom stereocenters. The van der Waals surface area contributed by atoms with Gasteiger partial charge < -0.3 is 9.72 Å². The van der Waals surface area contributed by atoms with Crippen molar-refractivity contribution in [3.8, 4) is 0 Å². The SMILES string of the molecule is CC.COCCc1sc[n+](Cc2cnc(C)[nH]c2=O)c1C. The van der Waals surface area contributed by atoms with Crippen LogP contribution in [0.2, 0.25) is 0 Å². The normalized spacial score (nSPS) is 10.1. The van der Waals surface area contributed by atoms with Gasteiger partial charge in [0.15, 0.2) is 12.2 Å². The molecule has 0 amide bonds. The number of aromatic nitrogens is 3. The quantitative estimate of drug-likeness (QED) is 0.859.